The number of hydrogen-bond acceptors (Lipinski definition) is 4. The highest BCUT2D eigenvalue weighted by molar-refractivity contribution is 9.10. The Morgan fingerprint density at radius 3 is 2.94 bits per heavy atom. The van der Waals surface area contributed by atoms with Gasteiger partial charge in [0.05, 0.1) is 11.3 Å². The van der Waals surface area contributed by atoms with Gasteiger partial charge >= 0.3 is 0 Å². The average molecular weight is 339 g/mol. The maximum atomic E-state index is 9.22. The van der Waals surface area contributed by atoms with Crippen LogP contribution in [0.25, 0.3) is 0 Å². The lowest BCUT2D eigenvalue weighted by Crippen LogP contribution is -2.00. The molecular weight excluding hydrogens is 328 g/mol. The minimum atomic E-state index is 0.723. The lowest BCUT2D eigenvalue weighted by Gasteiger charge is -2.09. The highest BCUT2D eigenvalue weighted by Crippen LogP contribution is 2.27. The molecule has 1 aromatic carbocycles. The van der Waals surface area contributed by atoms with Crippen LogP contribution < -0.4 is 5.32 Å². The van der Waals surface area contributed by atoms with Crippen LogP contribution in [0.5, 0.6) is 0 Å². The van der Waals surface area contributed by atoms with Gasteiger partial charge in [-0.1, -0.05) is 6.07 Å². The molecule has 0 spiro atoms. The second-order valence-corrected chi connectivity index (χ2v) is 6.34. The Bertz CT molecular complexity index is 587. The molecule has 0 aliphatic rings. The fraction of sp³-hybridized carbons (Fsp3) is 0.154. The molecule has 0 aliphatic carbocycles. The van der Waals surface area contributed by atoms with Gasteiger partial charge in [0, 0.05) is 26.2 Å². The van der Waals surface area contributed by atoms with Gasteiger partial charge in [-0.2, -0.15) is 5.26 Å². The first-order chi connectivity index (χ1) is 8.74. The standard InChI is InChI=1S/C13H11BrN2S2/c1-17-13-4-2-3-12(11(13)6-15)16-7-10-5-9(14)8-18-10/h2-5,8,16H,7H2,1H3. The number of thiophene rings is 1. The predicted molar refractivity (Wildman–Crippen MR) is 82.3 cm³/mol. The van der Waals surface area contributed by atoms with Crippen LogP contribution in [-0.4, -0.2) is 6.26 Å². The number of hydrogen-bond donors (Lipinski definition) is 1. The van der Waals surface area contributed by atoms with Gasteiger partial charge in [-0.3, -0.25) is 0 Å². The molecule has 2 rings (SSSR count). The van der Waals surface area contributed by atoms with Crippen molar-refractivity contribution in [2.45, 2.75) is 11.4 Å². The number of halogens is 1. The number of rotatable bonds is 4. The zero-order valence-corrected chi connectivity index (χ0v) is 13.0. The lowest BCUT2D eigenvalue weighted by molar-refractivity contribution is 1.17. The van der Waals surface area contributed by atoms with Crippen molar-refractivity contribution in [3.8, 4) is 6.07 Å². The number of anilines is 1. The Balaban J connectivity index is 2.17. The van der Waals surface area contributed by atoms with Gasteiger partial charge in [0.1, 0.15) is 6.07 Å². The van der Waals surface area contributed by atoms with Crippen molar-refractivity contribution in [3.05, 3.63) is 44.6 Å². The van der Waals surface area contributed by atoms with Gasteiger partial charge in [0.15, 0.2) is 0 Å². The number of benzene rings is 1. The van der Waals surface area contributed by atoms with Gasteiger partial charge in [-0.15, -0.1) is 23.1 Å². The number of nitrogens with zero attached hydrogens (tertiary/aromatic N) is 1. The smallest absolute Gasteiger partial charge is 0.102 e. The van der Waals surface area contributed by atoms with E-state index in [1.54, 1.807) is 23.1 Å². The Kier molecular flexibility index (Phi) is 4.70. The maximum Gasteiger partial charge on any atom is 0.102 e. The third-order valence-electron chi connectivity index (χ3n) is 2.43. The molecule has 5 heteroatoms. The first kappa shape index (κ1) is 13.5. The fourth-order valence-electron chi connectivity index (χ4n) is 1.59. The minimum absolute atomic E-state index is 0.723. The molecule has 0 unspecified atom stereocenters. The summed E-state index contributed by atoms with van der Waals surface area (Å²) >= 11 is 6.72. The van der Waals surface area contributed by atoms with E-state index in [-0.39, 0.29) is 0 Å². The van der Waals surface area contributed by atoms with E-state index >= 15 is 0 Å². The SMILES string of the molecule is CSc1cccc(NCc2cc(Br)cs2)c1C#N. The van der Waals surface area contributed by atoms with Gasteiger partial charge in [0.2, 0.25) is 0 Å². The van der Waals surface area contributed by atoms with Crippen LogP contribution in [0.4, 0.5) is 5.69 Å². The monoisotopic (exact) mass is 338 g/mol. The Hall–Kier alpha value is -0.960. The van der Waals surface area contributed by atoms with Crippen molar-refractivity contribution in [1.82, 2.24) is 0 Å². The molecule has 0 bridgehead atoms. The van der Waals surface area contributed by atoms with E-state index in [4.69, 9.17) is 0 Å². The summed E-state index contributed by atoms with van der Waals surface area (Å²) in [5.41, 5.74) is 1.62. The van der Waals surface area contributed by atoms with E-state index in [0.29, 0.717) is 0 Å². The van der Waals surface area contributed by atoms with Gasteiger partial charge in [0.25, 0.3) is 0 Å². The van der Waals surface area contributed by atoms with Crippen molar-refractivity contribution in [1.29, 1.82) is 5.26 Å². The van der Waals surface area contributed by atoms with E-state index < -0.39 is 0 Å². The lowest BCUT2D eigenvalue weighted by atomic mass is 10.2. The summed E-state index contributed by atoms with van der Waals surface area (Å²) < 4.78 is 1.10. The molecule has 1 N–H and O–H groups in total. The highest BCUT2D eigenvalue weighted by Gasteiger charge is 2.07. The third-order valence-corrected chi connectivity index (χ3v) is 4.91. The van der Waals surface area contributed by atoms with Gasteiger partial charge in [-0.25, -0.2) is 0 Å². The molecule has 2 nitrogen and oxygen atoms in total. The summed E-state index contributed by atoms with van der Waals surface area (Å²) in [4.78, 5) is 2.25. The highest BCUT2D eigenvalue weighted by atomic mass is 79.9. The van der Waals surface area contributed by atoms with Crippen LogP contribution in [0.1, 0.15) is 10.4 Å². The minimum Gasteiger partial charge on any atom is -0.379 e. The zero-order chi connectivity index (χ0) is 13.0. The van der Waals surface area contributed by atoms with Crippen LogP contribution in [0, 0.1) is 11.3 Å². The molecule has 18 heavy (non-hydrogen) atoms. The molecule has 0 saturated heterocycles. The Labute approximate surface area is 123 Å². The summed E-state index contributed by atoms with van der Waals surface area (Å²) in [5.74, 6) is 0. The summed E-state index contributed by atoms with van der Waals surface area (Å²) in [5, 5.41) is 14.6. The molecule has 0 fully saturated rings. The van der Waals surface area contributed by atoms with Crippen molar-refractivity contribution < 1.29 is 0 Å². The van der Waals surface area contributed by atoms with E-state index in [9.17, 15) is 5.26 Å². The first-order valence-corrected chi connectivity index (χ1v) is 8.18. The van der Waals surface area contributed by atoms with Gasteiger partial charge in [-0.05, 0) is 40.4 Å². The third kappa shape index (κ3) is 3.08. The molecule has 2 aromatic rings. The van der Waals surface area contributed by atoms with Crippen molar-refractivity contribution in [3.63, 3.8) is 0 Å². The molecule has 0 aliphatic heterocycles. The summed E-state index contributed by atoms with van der Waals surface area (Å²) in [6, 6.07) is 10.2. The average Bonchev–Trinajstić information content (AvgIpc) is 2.81. The Morgan fingerprint density at radius 1 is 1.50 bits per heavy atom. The summed E-state index contributed by atoms with van der Waals surface area (Å²) in [7, 11) is 0. The maximum absolute atomic E-state index is 9.22. The van der Waals surface area contributed by atoms with E-state index in [1.165, 1.54) is 4.88 Å². The number of nitriles is 1. The summed E-state index contributed by atoms with van der Waals surface area (Å²) in [6.07, 6.45) is 1.98. The van der Waals surface area contributed by atoms with Crippen LogP contribution in [0.15, 0.2) is 39.0 Å². The fourth-order valence-corrected chi connectivity index (χ4v) is 3.56. The second-order valence-electron chi connectivity index (χ2n) is 3.58. The largest absolute Gasteiger partial charge is 0.379 e. The molecule has 92 valence electrons. The summed E-state index contributed by atoms with van der Waals surface area (Å²) in [6.45, 7) is 0.739. The van der Waals surface area contributed by atoms with Crippen molar-refractivity contribution >= 4 is 44.7 Å². The molecule has 1 aromatic heterocycles. The second kappa shape index (κ2) is 6.28. The number of thioether (sulfide) groups is 1. The molecule has 1 heterocycles. The molecular formula is C13H11BrN2S2. The van der Waals surface area contributed by atoms with Crippen LogP contribution in [-0.2, 0) is 6.54 Å². The van der Waals surface area contributed by atoms with Gasteiger partial charge < -0.3 is 5.32 Å². The first-order valence-electron chi connectivity index (χ1n) is 5.28. The molecule has 0 radical (unpaired) electrons. The molecule has 0 saturated carbocycles. The van der Waals surface area contributed by atoms with Crippen LogP contribution in [0.3, 0.4) is 0 Å². The quantitative estimate of drug-likeness (QED) is 0.819. The van der Waals surface area contributed by atoms with Crippen molar-refractivity contribution in [2.24, 2.45) is 0 Å². The zero-order valence-electron chi connectivity index (χ0n) is 9.74. The normalized spacial score (nSPS) is 10.1. The molecule has 0 atom stereocenters. The predicted octanol–water partition coefficient (Wildman–Crippen LogP) is 4.72. The van der Waals surface area contributed by atoms with E-state index in [2.05, 4.69) is 38.8 Å². The van der Waals surface area contributed by atoms with E-state index in [0.717, 1.165) is 27.2 Å². The van der Waals surface area contributed by atoms with E-state index in [1.807, 2.05) is 24.5 Å². The number of nitrogens with one attached hydrogen (secondary N) is 1. The molecule has 0 amide bonds. The van der Waals surface area contributed by atoms with Crippen molar-refractivity contribution in [2.75, 3.05) is 11.6 Å². The van der Waals surface area contributed by atoms with Crippen LogP contribution in [0.2, 0.25) is 0 Å². The topological polar surface area (TPSA) is 35.8 Å². The Morgan fingerprint density at radius 2 is 2.33 bits per heavy atom. The van der Waals surface area contributed by atoms with Crippen LogP contribution >= 0.6 is 39.0 Å².